The lowest BCUT2D eigenvalue weighted by atomic mass is 10.2. The van der Waals surface area contributed by atoms with Gasteiger partial charge in [-0.15, -0.1) is 0 Å². The molecule has 0 saturated carbocycles. The van der Waals surface area contributed by atoms with Crippen molar-refractivity contribution >= 4 is 0 Å². The van der Waals surface area contributed by atoms with Crippen LogP contribution >= 0.6 is 0 Å². The third kappa shape index (κ3) is 4.15. The van der Waals surface area contributed by atoms with Gasteiger partial charge in [0.05, 0.1) is 6.04 Å². The predicted molar refractivity (Wildman–Crippen MR) is 74.8 cm³/mol. The maximum atomic E-state index is 9.01. The molecule has 1 aromatic carbocycles. The number of likely N-dealkylation sites (tertiary alicyclic amines) is 1. The Hall–Kier alpha value is -1.73. The number of rotatable bonds is 6. The summed E-state index contributed by atoms with van der Waals surface area (Å²) in [6.07, 6.45) is 4.53. The molecule has 0 spiro atoms. The summed E-state index contributed by atoms with van der Waals surface area (Å²) in [6, 6.07) is 10.2. The van der Waals surface area contributed by atoms with Crippen LogP contribution in [0, 0.1) is 11.5 Å². The summed E-state index contributed by atoms with van der Waals surface area (Å²) >= 11 is 0. The second-order valence-corrected chi connectivity index (χ2v) is 5.01. The van der Waals surface area contributed by atoms with Gasteiger partial charge in [0, 0.05) is 19.6 Å². The van der Waals surface area contributed by atoms with Gasteiger partial charge in [0.15, 0.2) is 6.19 Å². The van der Waals surface area contributed by atoms with Crippen LogP contribution in [0.3, 0.4) is 0 Å². The first kappa shape index (κ1) is 13.7. The van der Waals surface area contributed by atoms with E-state index in [1.807, 2.05) is 35.2 Å². The number of benzene rings is 1. The molecular formula is C15H21N3O. The molecule has 19 heavy (non-hydrogen) atoms. The van der Waals surface area contributed by atoms with Crippen molar-refractivity contribution in [2.75, 3.05) is 33.3 Å². The molecule has 4 nitrogen and oxygen atoms in total. The number of ether oxygens (including phenoxy) is 1. The maximum Gasteiger partial charge on any atom is 0.179 e. The Bertz CT molecular complexity index is 415. The lowest BCUT2D eigenvalue weighted by Gasteiger charge is -2.24. The van der Waals surface area contributed by atoms with E-state index in [1.165, 1.54) is 0 Å². The average Bonchev–Trinajstić information content (AvgIpc) is 2.87. The highest BCUT2D eigenvalue weighted by molar-refractivity contribution is 5.20. The number of likely N-dealkylation sites (N-methyl/N-ethyl adjacent to an activating group) is 1. The highest BCUT2D eigenvalue weighted by Gasteiger charge is 2.24. The highest BCUT2D eigenvalue weighted by Crippen LogP contribution is 2.16. The lowest BCUT2D eigenvalue weighted by molar-refractivity contribution is 0.202. The first-order chi connectivity index (χ1) is 9.29. The second kappa shape index (κ2) is 7.01. The minimum Gasteiger partial charge on any atom is -0.492 e. The van der Waals surface area contributed by atoms with Crippen molar-refractivity contribution in [3.63, 3.8) is 0 Å². The van der Waals surface area contributed by atoms with Gasteiger partial charge in [0.25, 0.3) is 0 Å². The maximum absolute atomic E-state index is 9.01. The summed E-state index contributed by atoms with van der Waals surface area (Å²) in [5.74, 6) is 0.912. The predicted octanol–water partition coefficient (Wildman–Crippen LogP) is 1.94. The van der Waals surface area contributed by atoms with Gasteiger partial charge in [0.1, 0.15) is 12.4 Å². The van der Waals surface area contributed by atoms with Crippen LogP contribution in [-0.2, 0) is 0 Å². The molecule has 0 radical (unpaired) electrons. The first-order valence-electron chi connectivity index (χ1n) is 6.82. The van der Waals surface area contributed by atoms with Crippen LogP contribution < -0.4 is 4.74 Å². The van der Waals surface area contributed by atoms with E-state index in [-0.39, 0.29) is 0 Å². The zero-order valence-electron chi connectivity index (χ0n) is 11.5. The van der Waals surface area contributed by atoms with E-state index < -0.39 is 0 Å². The third-order valence-electron chi connectivity index (χ3n) is 3.51. The zero-order valence-corrected chi connectivity index (χ0v) is 11.5. The molecule has 1 saturated heterocycles. The van der Waals surface area contributed by atoms with Crippen molar-refractivity contribution in [2.45, 2.75) is 18.9 Å². The van der Waals surface area contributed by atoms with Crippen molar-refractivity contribution in [3.05, 3.63) is 30.3 Å². The molecule has 0 N–H and O–H groups in total. The van der Waals surface area contributed by atoms with Crippen molar-refractivity contribution < 1.29 is 4.74 Å². The summed E-state index contributed by atoms with van der Waals surface area (Å²) in [5.41, 5.74) is 0. The Morgan fingerprint density at radius 1 is 1.42 bits per heavy atom. The van der Waals surface area contributed by atoms with Gasteiger partial charge < -0.3 is 14.5 Å². The average molecular weight is 259 g/mol. The SMILES string of the molecule is CN(CCOc1ccccc1)C[C@H]1CCCN1C#N. The number of para-hydroxylation sites is 1. The van der Waals surface area contributed by atoms with Crippen LogP contribution in [0.1, 0.15) is 12.8 Å². The van der Waals surface area contributed by atoms with Gasteiger partial charge >= 0.3 is 0 Å². The van der Waals surface area contributed by atoms with Crippen molar-refractivity contribution in [3.8, 4) is 11.9 Å². The molecule has 1 aliphatic heterocycles. The van der Waals surface area contributed by atoms with Gasteiger partial charge in [0.2, 0.25) is 0 Å². The first-order valence-corrected chi connectivity index (χ1v) is 6.82. The van der Waals surface area contributed by atoms with Gasteiger partial charge in [-0.05, 0) is 32.0 Å². The quantitative estimate of drug-likeness (QED) is 0.732. The molecule has 102 valence electrons. The Morgan fingerprint density at radius 3 is 2.95 bits per heavy atom. The molecule has 1 fully saturated rings. The molecule has 0 aliphatic carbocycles. The van der Waals surface area contributed by atoms with E-state index in [0.717, 1.165) is 38.2 Å². The topological polar surface area (TPSA) is 39.5 Å². The van der Waals surface area contributed by atoms with Crippen LogP contribution in [0.2, 0.25) is 0 Å². The Morgan fingerprint density at radius 2 is 2.21 bits per heavy atom. The molecule has 0 aromatic heterocycles. The van der Waals surface area contributed by atoms with Crippen LogP contribution in [0.15, 0.2) is 30.3 Å². The molecule has 2 rings (SSSR count). The second-order valence-electron chi connectivity index (χ2n) is 5.01. The van der Waals surface area contributed by atoms with Crippen LogP contribution in [0.5, 0.6) is 5.75 Å². The minimum absolute atomic E-state index is 0.381. The van der Waals surface area contributed by atoms with E-state index in [1.54, 1.807) is 0 Å². The fraction of sp³-hybridized carbons (Fsp3) is 0.533. The van der Waals surface area contributed by atoms with E-state index >= 15 is 0 Å². The highest BCUT2D eigenvalue weighted by atomic mass is 16.5. The van der Waals surface area contributed by atoms with E-state index in [9.17, 15) is 0 Å². The van der Waals surface area contributed by atoms with Crippen LogP contribution in [0.25, 0.3) is 0 Å². The smallest absolute Gasteiger partial charge is 0.179 e. The molecule has 1 heterocycles. The summed E-state index contributed by atoms with van der Waals surface area (Å²) in [4.78, 5) is 4.14. The van der Waals surface area contributed by atoms with Gasteiger partial charge in [-0.25, -0.2) is 0 Å². The van der Waals surface area contributed by atoms with E-state index in [2.05, 4.69) is 18.1 Å². The number of hydrogen-bond acceptors (Lipinski definition) is 4. The van der Waals surface area contributed by atoms with Gasteiger partial charge in [-0.3, -0.25) is 0 Å². The van der Waals surface area contributed by atoms with Crippen LogP contribution in [0.4, 0.5) is 0 Å². The lowest BCUT2D eigenvalue weighted by Crippen LogP contribution is -2.37. The zero-order chi connectivity index (χ0) is 13.5. The fourth-order valence-corrected chi connectivity index (χ4v) is 2.44. The normalized spacial score (nSPS) is 18.6. The van der Waals surface area contributed by atoms with Crippen LogP contribution in [-0.4, -0.2) is 49.1 Å². The largest absolute Gasteiger partial charge is 0.492 e. The summed E-state index contributed by atoms with van der Waals surface area (Å²) < 4.78 is 5.67. The van der Waals surface area contributed by atoms with E-state index in [4.69, 9.17) is 10.00 Å². The third-order valence-corrected chi connectivity index (χ3v) is 3.51. The molecule has 1 aliphatic rings. The van der Waals surface area contributed by atoms with Crippen molar-refractivity contribution in [2.24, 2.45) is 0 Å². The van der Waals surface area contributed by atoms with E-state index in [0.29, 0.717) is 12.6 Å². The summed E-state index contributed by atoms with van der Waals surface area (Å²) in [7, 11) is 2.09. The number of hydrogen-bond donors (Lipinski definition) is 0. The number of nitrogens with zero attached hydrogens (tertiary/aromatic N) is 3. The Kier molecular flexibility index (Phi) is 5.05. The molecule has 0 unspecified atom stereocenters. The molecule has 4 heteroatoms. The Balaban J connectivity index is 1.67. The Labute approximate surface area is 115 Å². The van der Waals surface area contributed by atoms with Gasteiger partial charge in [-0.2, -0.15) is 5.26 Å². The molecule has 1 aromatic rings. The molecule has 0 bridgehead atoms. The van der Waals surface area contributed by atoms with Crippen molar-refractivity contribution in [1.82, 2.24) is 9.80 Å². The standard InChI is InChI=1S/C15H21N3O/c1-17(12-14-6-5-9-18(14)13-16)10-11-19-15-7-3-2-4-8-15/h2-4,7-8,14H,5-6,9-12H2,1H3/t14-/m1/s1. The molecule has 1 atom stereocenters. The molecular weight excluding hydrogens is 238 g/mol. The monoisotopic (exact) mass is 259 g/mol. The minimum atomic E-state index is 0.381. The summed E-state index contributed by atoms with van der Waals surface area (Å²) in [6.45, 7) is 3.41. The van der Waals surface area contributed by atoms with Crippen molar-refractivity contribution in [1.29, 1.82) is 5.26 Å². The fourth-order valence-electron chi connectivity index (χ4n) is 2.44. The van der Waals surface area contributed by atoms with Gasteiger partial charge in [-0.1, -0.05) is 18.2 Å². The number of nitriles is 1. The summed E-state index contributed by atoms with van der Waals surface area (Å²) in [5, 5.41) is 9.01. The molecule has 0 amide bonds.